The molecule has 0 aliphatic rings. The molecular weight excluding hydrogens is 491 g/mol. The molecule has 24 heavy (non-hydrogen) atoms. The van der Waals surface area contributed by atoms with Crippen LogP contribution in [0.2, 0.25) is 0 Å². The van der Waals surface area contributed by atoms with Gasteiger partial charge in [-0.15, -0.1) is 0 Å². The van der Waals surface area contributed by atoms with Crippen LogP contribution >= 0.6 is 38.5 Å². The Morgan fingerprint density at radius 1 is 0.917 bits per heavy atom. The van der Waals surface area contributed by atoms with E-state index in [0.29, 0.717) is 27.1 Å². The molecule has 8 heteroatoms. The lowest BCUT2D eigenvalue weighted by Gasteiger charge is -2.10. The molecule has 126 valence electrons. The van der Waals surface area contributed by atoms with E-state index >= 15 is 0 Å². The second-order valence-electron chi connectivity index (χ2n) is 4.61. The molecule has 0 aliphatic carbocycles. The number of carbonyl (C=O) groups is 2. The number of nitrogens with one attached hydrogen (secondary N) is 2. The van der Waals surface area contributed by atoms with E-state index in [0.717, 1.165) is 3.57 Å². The van der Waals surface area contributed by atoms with Crippen LogP contribution in [0.15, 0.2) is 40.9 Å². The molecular formula is C16H14BrIN2O4. The van der Waals surface area contributed by atoms with Gasteiger partial charge in [0.1, 0.15) is 11.5 Å². The first-order chi connectivity index (χ1) is 11.5. The lowest BCUT2D eigenvalue weighted by molar-refractivity contribution is 0.0846. The van der Waals surface area contributed by atoms with Crippen molar-refractivity contribution >= 4 is 50.3 Å². The third-order valence-electron chi connectivity index (χ3n) is 3.12. The Balaban J connectivity index is 2.02. The monoisotopic (exact) mass is 504 g/mol. The van der Waals surface area contributed by atoms with E-state index in [1.807, 2.05) is 0 Å². The van der Waals surface area contributed by atoms with Crippen molar-refractivity contribution in [2.75, 3.05) is 14.2 Å². The number of ether oxygens (including phenoxy) is 2. The largest absolute Gasteiger partial charge is 0.496 e. The van der Waals surface area contributed by atoms with Crippen molar-refractivity contribution in [1.29, 1.82) is 0 Å². The number of hydrogen-bond donors (Lipinski definition) is 2. The molecule has 0 unspecified atom stereocenters. The van der Waals surface area contributed by atoms with E-state index in [4.69, 9.17) is 9.47 Å². The Morgan fingerprint density at radius 3 is 1.88 bits per heavy atom. The zero-order valence-electron chi connectivity index (χ0n) is 12.9. The van der Waals surface area contributed by atoms with E-state index in [1.54, 1.807) is 43.5 Å². The van der Waals surface area contributed by atoms with Gasteiger partial charge in [0.2, 0.25) is 0 Å². The number of hydrogen-bond acceptors (Lipinski definition) is 4. The average molecular weight is 505 g/mol. The number of rotatable bonds is 4. The predicted molar refractivity (Wildman–Crippen MR) is 101 cm³/mol. The van der Waals surface area contributed by atoms with Crippen molar-refractivity contribution < 1.29 is 19.1 Å². The first-order valence-electron chi connectivity index (χ1n) is 6.74. The van der Waals surface area contributed by atoms with E-state index in [2.05, 4.69) is 49.4 Å². The maximum atomic E-state index is 12.1. The highest BCUT2D eigenvalue weighted by Crippen LogP contribution is 2.25. The minimum atomic E-state index is -0.435. The number of carbonyl (C=O) groups excluding carboxylic acids is 2. The molecule has 0 bridgehead atoms. The summed E-state index contributed by atoms with van der Waals surface area (Å²) in [6.45, 7) is 0. The van der Waals surface area contributed by atoms with Crippen LogP contribution in [-0.2, 0) is 0 Å². The lowest BCUT2D eigenvalue weighted by atomic mass is 10.2. The highest BCUT2D eigenvalue weighted by atomic mass is 127. The standard InChI is InChI=1S/C16H14BrIN2O4/c1-23-13-5-3-9(7-11(13)17)15(21)19-20-16(22)10-4-6-14(24-2)12(18)8-10/h3-8H,1-2H3,(H,19,21)(H,20,22). The fourth-order valence-electron chi connectivity index (χ4n) is 1.87. The van der Waals surface area contributed by atoms with Crippen LogP contribution in [-0.4, -0.2) is 26.0 Å². The topological polar surface area (TPSA) is 76.7 Å². The maximum Gasteiger partial charge on any atom is 0.269 e. The molecule has 0 spiro atoms. The van der Waals surface area contributed by atoms with E-state index in [9.17, 15) is 9.59 Å². The third kappa shape index (κ3) is 4.38. The van der Waals surface area contributed by atoms with Crippen LogP contribution in [0.4, 0.5) is 0 Å². The van der Waals surface area contributed by atoms with Gasteiger partial charge in [0, 0.05) is 11.1 Å². The summed E-state index contributed by atoms with van der Waals surface area (Å²) in [5.74, 6) is 0.439. The van der Waals surface area contributed by atoms with E-state index in [-0.39, 0.29) is 0 Å². The van der Waals surface area contributed by atoms with Crippen LogP contribution in [0.1, 0.15) is 20.7 Å². The van der Waals surface area contributed by atoms with Gasteiger partial charge in [0.05, 0.1) is 22.3 Å². The predicted octanol–water partition coefficient (Wildman–Crippen LogP) is 3.15. The molecule has 0 aliphatic heterocycles. The summed E-state index contributed by atoms with van der Waals surface area (Å²) < 4.78 is 11.7. The Bertz CT molecular complexity index is 717. The zero-order chi connectivity index (χ0) is 17.7. The quantitative estimate of drug-likeness (QED) is 0.495. The molecule has 2 amide bonds. The van der Waals surface area contributed by atoms with Crippen LogP contribution in [0, 0.1) is 3.57 Å². The summed E-state index contributed by atoms with van der Waals surface area (Å²) in [4.78, 5) is 24.2. The molecule has 6 nitrogen and oxygen atoms in total. The molecule has 2 aromatic carbocycles. The summed E-state index contributed by atoms with van der Waals surface area (Å²) in [6.07, 6.45) is 0. The van der Waals surface area contributed by atoms with Gasteiger partial charge in [-0.2, -0.15) is 0 Å². The van der Waals surface area contributed by atoms with E-state index < -0.39 is 11.8 Å². The van der Waals surface area contributed by atoms with Crippen molar-refractivity contribution in [3.8, 4) is 11.5 Å². The van der Waals surface area contributed by atoms with Gasteiger partial charge < -0.3 is 9.47 Å². The van der Waals surface area contributed by atoms with Crippen LogP contribution < -0.4 is 20.3 Å². The fourth-order valence-corrected chi connectivity index (χ4v) is 3.15. The van der Waals surface area contributed by atoms with Gasteiger partial charge >= 0.3 is 0 Å². The minimum absolute atomic E-state index is 0.382. The van der Waals surface area contributed by atoms with Crippen molar-refractivity contribution in [3.05, 3.63) is 55.6 Å². The smallest absolute Gasteiger partial charge is 0.269 e. The van der Waals surface area contributed by atoms with Crippen molar-refractivity contribution in [2.24, 2.45) is 0 Å². The number of amides is 2. The van der Waals surface area contributed by atoms with Gasteiger partial charge in [-0.1, -0.05) is 0 Å². The van der Waals surface area contributed by atoms with Crippen molar-refractivity contribution in [1.82, 2.24) is 10.9 Å². The molecule has 0 heterocycles. The van der Waals surface area contributed by atoms with Crippen LogP contribution in [0.3, 0.4) is 0 Å². The summed E-state index contributed by atoms with van der Waals surface area (Å²) in [5.41, 5.74) is 5.55. The number of halogens is 2. The van der Waals surface area contributed by atoms with Gasteiger partial charge in [-0.3, -0.25) is 20.4 Å². The SMILES string of the molecule is COc1ccc(C(=O)NNC(=O)c2ccc(OC)c(I)c2)cc1Br. The summed E-state index contributed by atoms with van der Waals surface area (Å²) in [7, 11) is 3.10. The molecule has 0 fully saturated rings. The Hall–Kier alpha value is -1.81. The Labute approximate surface area is 161 Å². The highest BCUT2D eigenvalue weighted by Gasteiger charge is 2.12. The molecule has 0 saturated carbocycles. The summed E-state index contributed by atoms with van der Waals surface area (Å²) in [6, 6.07) is 9.85. The van der Waals surface area contributed by atoms with E-state index in [1.165, 1.54) is 7.11 Å². The molecule has 2 aromatic rings. The first kappa shape index (κ1) is 18.5. The van der Waals surface area contributed by atoms with Crippen molar-refractivity contribution in [2.45, 2.75) is 0 Å². The van der Waals surface area contributed by atoms with Gasteiger partial charge in [0.25, 0.3) is 11.8 Å². The zero-order valence-corrected chi connectivity index (χ0v) is 16.6. The summed E-state index contributed by atoms with van der Waals surface area (Å²) >= 11 is 5.38. The third-order valence-corrected chi connectivity index (χ3v) is 4.58. The second kappa shape index (κ2) is 8.34. The Morgan fingerprint density at radius 2 is 1.42 bits per heavy atom. The van der Waals surface area contributed by atoms with Crippen LogP contribution in [0.5, 0.6) is 11.5 Å². The Kier molecular flexibility index (Phi) is 6.44. The molecule has 0 atom stereocenters. The number of methoxy groups -OCH3 is 2. The minimum Gasteiger partial charge on any atom is -0.496 e. The normalized spacial score (nSPS) is 10.0. The number of hydrazine groups is 1. The average Bonchev–Trinajstić information content (AvgIpc) is 2.59. The second-order valence-corrected chi connectivity index (χ2v) is 6.62. The van der Waals surface area contributed by atoms with Gasteiger partial charge in [-0.25, -0.2) is 0 Å². The first-order valence-corrected chi connectivity index (χ1v) is 8.61. The fraction of sp³-hybridized carbons (Fsp3) is 0.125. The van der Waals surface area contributed by atoms with Crippen molar-refractivity contribution in [3.63, 3.8) is 0 Å². The highest BCUT2D eigenvalue weighted by molar-refractivity contribution is 14.1. The van der Waals surface area contributed by atoms with Gasteiger partial charge in [-0.05, 0) is 74.9 Å². The molecule has 2 rings (SSSR count). The lowest BCUT2D eigenvalue weighted by Crippen LogP contribution is -2.41. The summed E-state index contributed by atoms with van der Waals surface area (Å²) in [5, 5.41) is 0. The molecule has 0 aromatic heterocycles. The molecule has 2 N–H and O–H groups in total. The van der Waals surface area contributed by atoms with Gasteiger partial charge in [0.15, 0.2) is 0 Å². The number of benzene rings is 2. The maximum absolute atomic E-state index is 12.1. The van der Waals surface area contributed by atoms with Crippen LogP contribution in [0.25, 0.3) is 0 Å². The molecule has 0 saturated heterocycles. The molecule has 0 radical (unpaired) electrons.